The van der Waals surface area contributed by atoms with E-state index in [1.165, 1.54) is 11.1 Å². The van der Waals surface area contributed by atoms with Crippen molar-refractivity contribution in [1.29, 1.82) is 0 Å². The molecule has 0 spiro atoms. The van der Waals surface area contributed by atoms with Gasteiger partial charge in [-0.25, -0.2) is 0 Å². The van der Waals surface area contributed by atoms with Gasteiger partial charge in [0, 0.05) is 5.57 Å². The van der Waals surface area contributed by atoms with Crippen molar-refractivity contribution in [3.8, 4) is 0 Å². The molecule has 0 bridgehead atoms. The summed E-state index contributed by atoms with van der Waals surface area (Å²) in [5, 5.41) is 0. The van der Waals surface area contributed by atoms with E-state index in [1.807, 2.05) is 18.2 Å². The Kier molecular flexibility index (Phi) is 2.64. The van der Waals surface area contributed by atoms with Crippen molar-refractivity contribution in [3.63, 3.8) is 0 Å². The van der Waals surface area contributed by atoms with Crippen molar-refractivity contribution < 1.29 is 4.79 Å². The van der Waals surface area contributed by atoms with Gasteiger partial charge in [0.1, 0.15) is 0 Å². The van der Waals surface area contributed by atoms with E-state index in [2.05, 4.69) is 13.8 Å². The third kappa shape index (κ3) is 1.94. The molecule has 0 aromatic heterocycles. The van der Waals surface area contributed by atoms with Crippen LogP contribution in [0.2, 0.25) is 0 Å². The first-order chi connectivity index (χ1) is 5.61. The summed E-state index contributed by atoms with van der Waals surface area (Å²) in [6.45, 7) is 5.78. The van der Waals surface area contributed by atoms with Gasteiger partial charge in [-0.1, -0.05) is 23.8 Å². The highest BCUT2D eigenvalue weighted by atomic mass is 16.1. The first-order valence-electron chi connectivity index (χ1n) is 4.17. The van der Waals surface area contributed by atoms with E-state index in [1.54, 1.807) is 6.92 Å². The largest absolute Gasteiger partial charge is 0.295 e. The summed E-state index contributed by atoms with van der Waals surface area (Å²) in [6, 6.07) is 0. The minimum atomic E-state index is 0.152. The Morgan fingerprint density at radius 1 is 1.25 bits per heavy atom. The average Bonchev–Trinajstić information content (AvgIpc) is 2.04. The molecule has 0 N–H and O–H groups in total. The molecule has 0 fully saturated rings. The maximum absolute atomic E-state index is 10.9. The van der Waals surface area contributed by atoms with E-state index < -0.39 is 0 Å². The lowest BCUT2D eigenvalue weighted by Gasteiger charge is -2.08. The van der Waals surface area contributed by atoms with Crippen LogP contribution in [0.4, 0.5) is 0 Å². The van der Waals surface area contributed by atoms with Gasteiger partial charge in [-0.2, -0.15) is 0 Å². The highest BCUT2D eigenvalue weighted by Crippen LogP contribution is 2.18. The summed E-state index contributed by atoms with van der Waals surface area (Å²) in [5.41, 5.74) is 3.48. The SMILES string of the molecule is CC(=O)C1=CCC(=C(C)C)C=C1. The summed E-state index contributed by atoms with van der Waals surface area (Å²) < 4.78 is 0. The lowest BCUT2D eigenvalue weighted by molar-refractivity contribution is -0.113. The monoisotopic (exact) mass is 162 g/mol. The minimum Gasteiger partial charge on any atom is -0.295 e. The quantitative estimate of drug-likeness (QED) is 0.579. The van der Waals surface area contributed by atoms with E-state index in [4.69, 9.17) is 0 Å². The summed E-state index contributed by atoms with van der Waals surface area (Å²) in [7, 11) is 0. The van der Waals surface area contributed by atoms with Crippen molar-refractivity contribution in [2.75, 3.05) is 0 Å². The molecule has 0 aliphatic heterocycles. The zero-order valence-corrected chi connectivity index (χ0v) is 7.85. The fraction of sp³-hybridized carbons (Fsp3) is 0.364. The molecule has 0 atom stereocenters. The molecular weight excluding hydrogens is 148 g/mol. The van der Waals surface area contributed by atoms with E-state index in [0.717, 1.165) is 12.0 Å². The number of Topliss-reactive ketones (excluding diaryl/α,β-unsaturated/α-hetero) is 1. The van der Waals surface area contributed by atoms with Crippen LogP contribution >= 0.6 is 0 Å². The molecule has 0 amide bonds. The molecule has 0 radical (unpaired) electrons. The number of carbonyl (C=O) groups is 1. The third-order valence-corrected chi connectivity index (χ3v) is 2.05. The Balaban J connectivity index is 2.82. The predicted octanol–water partition coefficient (Wildman–Crippen LogP) is 2.80. The number of hydrogen-bond donors (Lipinski definition) is 0. The number of ketones is 1. The predicted molar refractivity (Wildman–Crippen MR) is 50.9 cm³/mol. The molecule has 0 heterocycles. The van der Waals surface area contributed by atoms with Crippen molar-refractivity contribution in [2.24, 2.45) is 0 Å². The Morgan fingerprint density at radius 2 is 1.92 bits per heavy atom. The molecule has 0 aromatic rings. The van der Waals surface area contributed by atoms with E-state index in [-0.39, 0.29) is 5.78 Å². The summed E-state index contributed by atoms with van der Waals surface area (Å²) >= 11 is 0. The van der Waals surface area contributed by atoms with Crippen LogP contribution in [-0.2, 0) is 4.79 Å². The minimum absolute atomic E-state index is 0.152. The molecule has 12 heavy (non-hydrogen) atoms. The first-order valence-corrected chi connectivity index (χ1v) is 4.17. The zero-order valence-electron chi connectivity index (χ0n) is 7.85. The summed E-state index contributed by atoms with van der Waals surface area (Å²) in [5.74, 6) is 0.152. The molecule has 0 aromatic carbocycles. The van der Waals surface area contributed by atoms with Crippen LogP contribution in [-0.4, -0.2) is 5.78 Å². The second kappa shape index (κ2) is 3.53. The van der Waals surface area contributed by atoms with Crippen molar-refractivity contribution in [2.45, 2.75) is 27.2 Å². The molecule has 1 heteroatoms. The van der Waals surface area contributed by atoms with Crippen LogP contribution in [0.15, 0.2) is 34.9 Å². The standard InChI is InChI=1S/C11H14O/c1-8(2)10-4-6-11(7-5-10)9(3)12/h4,6-7H,5H2,1-3H3. The van der Waals surface area contributed by atoms with Crippen LogP contribution in [0.3, 0.4) is 0 Å². The van der Waals surface area contributed by atoms with E-state index in [9.17, 15) is 4.79 Å². The van der Waals surface area contributed by atoms with Gasteiger partial charge in [0.05, 0.1) is 0 Å². The normalized spacial score (nSPS) is 15.9. The van der Waals surface area contributed by atoms with Gasteiger partial charge in [-0.3, -0.25) is 4.79 Å². The van der Waals surface area contributed by atoms with Gasteiger partial charge in [0.2, 0.25) is 0 Å². The smallest absolute Gasteiger partial charge is 0.159 e. The molecule has 1 aliphatic carbocycles. The molecular formula is C11H14O. The van der Waals surface area contributed by atoms with Gasteiger partial charge < -0.3 is 0 Å². The van der Waals surface area contributed by atoms with E-state index in [0.29, 0.717) is 0 Å². The lowest BCUT2D eigenvalue weighted by atomic mass is 9.97. The fourth-order valence-corrected chi connectivity index (χ4v) is 1.18. The van der Waals surface area contributed by atoms with Crippen molar-refractivity contribution in [3.05, 3.63) is 34.9 Å². The van der Waals surface area contributed by atoms with Gasteiger partial charge in [-0.05, 0) is 32.8 Å². The maximum Gasteiger partial charge on any atom is 0.159 e. The number of allylic oxidation sites excluding steroid dienone is 6. The molecule has 1 aliphatic rings. The maximum atomic E-state index is 10.9. The van der Waals surface area contributed by atoms with Crippen LogP contribution in [0.25, 0.3) is 0 Å². The molecule has 1 nitrogen and oxygen atoms in total. The van der Waals surface area contributed by atoms with E-state index >= 15 is 0 Å². The Hall–Kier alpha value is -1.11. The molecule has 0 saturated carbocycles. The second-order valence-electron chi connectivity index (χ2n) is 3.28. The van der Waals surface area contributed by atoms with Crippen LogP contribution < -0.4 is 0 Å². The Bertz CT molecular complexity index is 286. The lowest BCUT2D eigenvalue weighted by Crippen LogP contribution is -1.97. The fourth-order valence-electron chi connectivity index (χ4n) is 1.18. The van der Waals surface area contributed by atoms with Gasteiger partial charge in [-0.15, -0.1) is 0 Å². The molecule has 64 valence electrons. The molecule has 0 unspecified atom stereocenters. The Labute approximate surface area is 73.5 Å². The first kappa shape index (κ1) is 8.98. The number of carbonyl (C=O) groups excluding carboxylic acids is 1. The summed E-state index contributed by atoms with van der Waals surface area (Å²) in [6.07, 6.45) is 6.82. The molecule has 1 rings (SSSR count). The van der Waals surface area contributed by atoms with Crippen molar-refractivity contribution in [1.82, 2.24) is 0 Å². The van der Waals surface area contributed by atoms with Gasteiger partial charge >= 0.3 is 0 Å². The molecule has 0 saturated heterocycles. The number of rotatable bonds is 1. The number of hydrogen-bond acceptors (Lipinski definition) is 1. The van der Waals surface area contributed by atoms with Crippen LogP contribution in [0.5, 0.6) is 0 Å². The third-order valence-electron chi connectivity index (χ3n) is 2.05. The zero-order chi connectivity index (χ0) is 9.14. The van der Waals surface area contributed by atoms with Gasteiger partial charge in [0.15, 0.2) is 5.78 Å². The van der Waals surface area contributed by atoms with Crippen LogP contribution in [0, 0.1) is 0 Å². The Morgan fingerprint density at radius 3 is 2.25 bits per heavy atom. The highest BCUT2D eigenvalue weighted by molar-refractivity contribution is 5.96. The van der Waals surface area contributed by atoms with Gasteiger partial charge in [0.25, 0.3) is 0 Å². The summed E-state index contributed by atoms with van der Waals surface area (Å²) in [4.78, 5) is 10.9. The van der Waals surface area contributed by atoms with Crippen molar-refractivity contribution >= 4 is 5.78 Å². The topological polar surface area (TPSA) is 17.1 Å². The average molecular weight is 162 g/mol. The van der Waals surface area contributed by atoms with Crippen LogP contribution in [0.1, 0.15) is 27.2 Å². The highest BCUT2D eigenvalue weighted by Gasteiger charge is 2.05. The second-order valence-corrected chi connectivity index (χ2v) is 3.28.